The van der Waals surface area contributed by atoms with Crippen LogP contribution in [0.2, 0.25) is 0 Å². The van der Waals surface area contributed by atoms with Gasteiger partial charge in [-0.15, -0.1) is 0 Å². The molecule has 1 saturated carbocycles. The molecule has 19 heavy (non-hydrogen) atoms. The first-order valence-electron chi connectivity index (χ1n) is 7.89. The molecule has 3 N–H and O–H groups in total. The Morgan fingerprint density at radius 3 is 2.68 bits per heavy atom. The highest BCUT2D eigenvalue weighted by Gasteiger charge is 2.20. The molecule has 0 aromatic rings. The standard InChI is InChI=1S/C15H28N2O2/c18-14-3-1-2-13(10-14)11-17-15(19)5-4-12-6-8-16-9-7-12/h12-14,16,18H,1-11H2,(H,17,19). The van der Waals surface area contributed by atoms with Crippen LogP contribution in [0.5, 0.6) is 0 Å². The number of carbonyl (C=O) groups is 1. The molecule has 0 radical (unpaired) electrons. The molecular weight excluding hydrogens is 240 g/mol. The molecule has 0 bridgehead atoms. The van der Waals surface area contributed by atoms with Crippen molar-refractivity contribution in [2.24, 2.45) is 11.8 Å². The van der Waals surface area contributed by atoms with Gasteiger partial charge >= 0.3 is 0 Å². The van der Waals surface area contributed by atoms with Crippen molar-refractivity contribution < 1.29 is 9.90 Å². The highest BCUT2D eigenvalue weighted by Crippen LogP contribution is 2.23. The van der Waals surface area contributed by atoms with Gasteiger partial charge < -0.3 is 15.7 Å². The number of carbonyl (C=O) groups excluding carboxylic acids is 1. The largest absolute Gasteiger partial charge is 0.393 e. The van der Waals surface area contributed by atoms with E-state index in [4.69, 9.17) is 0 Å². The normalized spacial score (nSPS) is 29.1. The lowest BCUT2D eigenvalue weighted by atomic mass is 9.87. The Kier molecular flexibility index (Phi) is 6.11. The summed E-state index contributed by atoms with van der Waals surface area (Å²) in [6, 6.07) is 0. The molecule has 2 atom stereocenters. The van der Waals surface area contributed by atoms with Gasteiger partial charge in [0.25, 0.3) is 0 Å². The summed E-state index contributed by atoms with van der Waals surface area (Å²) in [7, 11) is 0. The molecule has 1 saturated heterocycles. The fourth-order valence-corrected chi connectivity index (χ4v) is 3.30. The molecule has 0 spiro atoms. The summed E-state index contributed by atoms with van der Waals surface area (Å²) in [6.07, 6.45) is 7.99. The lowest BCUT2D eigenvalue weighted by Crippen LogP contribution is -2.33. The van der Waals surface area contributed by atoms with E-state index in [1.165, 1.54) is 12.8 Å². The zero-order valence-corrected chi connectivity index (χ0v) is 11.9. The highest BCUT2D eigenvalue weighted by atomic mass is 16.3. The van der Waals surface area contributed by atoms with Crippen LogP contribution in [0.25, 0.3) is 0 Å². The zero-order chi connectivity index (χ0) is 13.5. The quantitative estimate of drug-likeness (QED) is 0.707. The number of rotatable bonds is 5. The lowest BCUT2D eigenvalue weighted by Gasteiger charge is -2.26. The summed E-state index contributed by atoms with van der Waals surface area (Å²) in [5, 5.41) is 16.0. The van der Waals surface area contributed by atoms with Crippen LogP contribution in [0, 0.1) is 11.8 Å². The monoisotopic (exact) mass is 268 g/mol. The molecule has 0 aromatic heterocycles. The van der Waals surface area contributed by atoms with Crippen LogP contribution in [-0.4, -0.2) is 36.8 Å². The minimum Gasteiger partial charge on any atom is -0.393 e. The summed E-state index contributed by atoms with van der Waals surface area (Å²) >= 11 is 0. The average Bonchev–Trinajstić information content (AvgIpc) is 2.44. The molecule has 1 aliphatic heterocycles. The van der Waals surface area contributed by atoms with Crippen LogP contribution >= 0.6 is 0 Å². The van der Waals surface area contributed by atoms with E-state index in [1.54, 1.807) is 0 Å². The maximum Gasteiger partial charge on any atom is 0.220 e. The van der Waals surface area contributed by atoms with Crippen LogP contribution in [-0.2, 0) is 4.79 Å². The molecule has 0 aromatic carbocycles. The van der Waals surface area contributed by atoms with Gasteiger partial charge in [-0.2, -0.15) is 0 Å². The van der Waals surface area contributed by atoms with Crippen molar-refractivity contribution in [2.75, 3.05) is 19.6 Å². The first kappa shape index (κ1) is 14.8. The Labute approximate surface area is 116 Å². The number of nitrogens with one attached hydrogen (secondary N) is 2. The maximum atomic E-state index is 11.8. The fraction of sp³-hybridized carbons (Fsp3) is 0.933. The summed E-state index contributed by atoms with van der Waals surface area (Å²) in [6.45, 7) is 2.96. The van der Waals surface area contributed by atoms with Gasteiger partial charge in [0.15, 0.2) is 0 Å². The topological polar surface area (TPSA) is 61.4 Å². The third-order valence-corrected chi connectivity index (χ3v) is 4.58. The summed E-state index contributed by atoms with van der Waals surface area (Å²) in [5.41, 5.74) is 0. The fourth-order valence-electron chi connectivity index (χ4n) is 3.30. The number of hydrogen-bond donors (Lipinski definition) is 3. The second kappa shape index (κ2) is 7.85. The van der Waals surface area contributed by atoms with Crippen LogP contribution in [0.3, 0.4) is 0 Å². The van der Waals surface area contributed by atoms with Gasteiger partial charge in [-0.1, -0.05) is 6.42 Å². The van der Waals surface area contributed by atoms with Crippen LogP contribution in [0.4, 0.5) is 0 Å². The van der Waals surface area contributed by atoms with E-state index in [-0.39, 0.29) is 12.0 Å². The van der Waals surface area contributed by atoms with Crippen LogP contribution < -0.4 is 10.6 Å². The molecular formula is C15H28N2O2. The van der Waals surface area contributed by atoms with E-state index in [0.717, 1.165) is 57.7 Å². The van der Waals surface area contributed by atoms with E-state index in [0.29, 0.717) is 12.3 Å². The molecule has 2 aliphatic rings. The van der Waals surface area contributed by atoms with E-state index in [1.807, 2.05) is 0 Å². The molecule has 4 heteroatoms. The smallest absolute Gasteiger partial charge is 0.220 e. The SMILES string of the molecule is O=C(CCC1CCNCC1)NCC1CCCC(O)C1. The van der Waals surface area contributed by atoms with E-state index in [2.05, 4.69) is 10.6 Å². The van der Waals surface area contributed by atoms with Crippen LogP contribution in [0.15, 0.2) is 0 Å². The summed E-state index contributed by atoms with van der Waals surface area (Å²) in [5.74, 6) is 1.40. The molecule has 1 amide bonds. The third-order valence-electron chi connectivity index (χ3n) is 4.58. The average molecular weight is 268 g/mol. The van der Waals surface area contributed by atoms with Gasteiger partial charge in [0, 0.05) is 13.0 Å². The van der Waals surface area contributed by atoms with Crippen molar-refractivity contribution in [1.82, 2.24) is 10.6 Å². The lowest BCUT2D eigenvalue weighted by molar-refractivity contribution is -0.121. The van der Waals surface area contributed by atoms with Gasteiger partial charge in [0.1, 0.15) is 0 Å². The van der Waals surface area contributed by atoms with Gasteiger partial charge in [0.05, 0.1) is 6.10 Å². The second-order valence-corrected chi connectivity index (χ2v) is 6.22. The van der Waals surface area contributed by atoms with Crippen molar-refractivity contribution in [3.8, 4) is 0 Å². The minimum absolute atomic E-state index is 0.148. The first-order chi connectivity index (χ1) is 9.24. The number of aliphatic hydroxyl groups is 1. The van der Waals surface area contributed by atoms with Crippen molar-refractivity contribution in [2.45, 2.75) is 57.5 Å². The molecule has 1 aliphatic carbocycles. The summed E-state index contributed by atoms with van der Waals surface area (Å²) in [4.78, 5) is 11.8. The maximum absolute atomic E-state index is 11.8. The van der Waals surface area contributed by atoms with Gasteiger partial charge in [0.2, 0.25) is 5.91 Å². The molecule has 2 unspecified atom stereocenters. The highest BCUT2D eigenvalue weighted by molar-refractivity contribution is 5.75. The number of aliphatic hydroxyl groups excluding tert-OH is 1. The van der Waals surface area contributed by atoms with Crippen LogP contribution in [0.1, 0.15) is 51.4 Å². The van der Waals surface area contributed by atoms with Crippen molar-refractivity contribution in [1.29, 1.82) is 0 Å². The Hall–Kier alpha value is -0.610. The Morgan fingerprint density at radius 2 is 1.95 bits per heavy atom. The predicted octanol–water partition coefficient (Wildman–Crippen LogP) is 1.43. The summed E-state index contributed by atoms with van der Waals surface area (Å²) < 4.78 is 0. The Morgan fingerprint density at radius 1 is 1.16 bits per heavy atom. The first-order valence-corrected chi connectivity index (χ1v) is 7.89. The van der Waals surface area contributed by atoms with Crippen molar-refractivity contribution in [3.05, 3.63) is 0 Å². The molecule has 2 fully saturated rings. The minimum atomic E-state index is -0.148. The second-order valence-electron chi connectivity index (χ2n) is 6.22. The number of piperidine rings is 1. The third kappa shape index (κ3) is 5.49. The molecule has 2 rings (SSSR count). The predicted molar refractivity (Wildman–Crippen MR) is 75.8 cm³/mol. The Bertz CT molecular complexity index is 277. The van der Waals surface area contributed by atoms with E-state index < -0.39 is 0 Å². The molecule has 4 nitrogen and oxygen atoms in total. The zero-order valence-electron chi connectivity index (χ0n) is 11.9. The molecule has 110 valence electrons. The molecule has 1 heterocycles. The van der Waals surface area contributed by atoms with Gasteiger partial charge in [-0.3, -0.25) is 4.79 Å². The van der Waals surface area contributed by atoms with Crippen molar-refractivity contribution in [3.63, 3.8) is 0 Å². The number of amides is 1. The van der Waals surface area contributed by atoms with Crippen molar-refractivity contribution >= 4 is 5.91 Å². The van der Waals surface area contributed by atoms with E-state index >= 15 is 0 Å². The van der Waals surface area contributed by atoms with Gasteiger partial charge in [-0.05, 0) is 63.5 Å². The number of hydrogen-bond acceptors (Lipinski definition) is 3. The Balaban J connectivity index is 1.56. The van der Waals surface area contributed by atoms with Gasteiger partial charge in [-0.25, -0.2) is 0 Å². The van der Waals surface area contributed by atoms with E-state index in [9.17, 15) is 9.90 Å².